The van der Waals surface area contributed by atoms with Crippen LogP contribution < -0.4 is 5.32 Å². The van der Waals surface area contributed by atoms with E-state index in [-0.39, 0.29) is 6.10 Å². The maximum atomic E-state index is 5.86. The Labute approximate surface area is 126 Å². The summed E-state index contributed by atoms with van der Waals surface area (Å²) in [6.07, 6.45) is 0.271. The molecular weight excluding hydrogens is 260 g/mol. The number of hydrogen-bond donors (Lipinski definition) is 1. The van der Waals surface area contributed by atoms with Gasteiger partial charge in [0, 0.05) is 31.4 Å². The molecule has 1 atom stereocenters. The molecule has 21 heavy (non-hydrogen) atoms. The third-order valence-electron chi connectivity index (χ3n) is 4.18. The Morgan fingerprint density at radius 1 is 1.19 bits per heavy atom. The quantitative estimate of drug-likeness (QED) is 0.931. The minimum absolute atomic E-state index is 0.271. The highest BCUT2D eigenvalue weighted by Gasteiger charge is 2.21. The number of hydrogen-bond acceptors (Lipinski definition) is 3. The molecular formula is C18H24N2O. The molecule has 3 nitrogen and oxygen atoms in total. The molecule has 2 aromatic rings. The first-order valence-corrected chi connectivity index (χ1v) is 7.81. The first-order chi connectivity index (χ1) is 10.2. The van der Waals surface area contributed by atoms with E-state index >= 15 is 0 Å². The van der Waals surface area contributed by atoms with Crippen LogP contribution in [-0.4, -0.2) is 43.3 Å². The summed E-state index contributed by atoms with van der Waals surface area (Å²) in [5.74, 6) is 0. The van der Waals surface area contributed by atoms with E-state index in [9.17, 15) is 0 Å². The second kappa shape index (κ2) is 6.46. The Hall–Kier alpha value is -1.58. The van der Waals surface area contributed by atoms with Gasteiger partial charge in [-0.25, -0.2) is 0 Å². The van der Waals surface area contributed by atoms with Gasteiger partial charge < -0.3 is 10.1 Å². The van der Waals surface area contributed by atoms with Gasteiger partial charge in [-0.2, -0.15) is 0 Å². The van der Waals surface area contributed by atoms with Crippen molar-refractivity contribution in [3.8, 4) is 0 Å². The predicted octanol–water partition coefficient (Wildman–Crippen LogP) is 3.36. The van der Waals surface area contributed by atoms with Crippen LogP contribution in [0, 0.1) is 0 Å². The first-order valence-electron chi connectivity index (χ1n) is 7.81. The molecule has 2 aromatic carbocycles. The lowest BCUT2D eigenvalue weighted by Gasteiger charge is -2.35. The molecule has 0 aliphatic carbocycles. The van der Waals surface area contributed by atoms with Crippen LogP contribution in [0.5, 0.6) is 0 Å². The Kier molecular flexibility index (Phi) is 4.42. The SMILES string of the molecule is CC(C)N1CCOC(CNc2ccc3ccccc3c2)C1. The van der Waals surface area contributed by atoms with E-state index in [0.29, 0.717) is 6.04 Å². The van der Waals surface area contributed by atoms with E-state index < -0.39 is 0 Å². The van der Waals surface area contributed by atoms with Crippen LogP contribution in [0.3, 0.4) is 0 Å². The van der Waals surface area contributed by atoms with Crippen molar-refractivity contribution in [2.24, 2.45) is 0 Å². The molecule has 1 heterocycles. The predicted molar refractivity (Wildman–Crippen MR) is 88.9 cm³/mol. The molecule has 0 saturated carbocycles. The highest BCUT2D eigenvalue weighted by Crippen LogP contribution is 2.19. The van der Waals surface area contributed by atoms with Gasteiger partial charge >= 0.3 is 0 Å². The van der Waals surface area contributed by atoms with Gasteiger partial charge in [-0.05, 0) is 36.8 Å². The summed E-state index contributed by atoms with van der Waals surface area (Å²) in [6, 6.07) is 15.6. The number of morpholine rings is 1. The van der Waals surface area contributed by atoms with E-state index in [1.807, 2.05) is 0 Å². The van der Waals surface area contributed by atoms with Crippen LogP contribution in [0.2, 0.25) is 0 Å². The molecule has 0 radical (unpaired) electrons. The molecule has 1 aliphatic heterocycles. The van der Waals surface area contributed by atoms with Crippen molar-refractivity contribution in [3.63, 3.8) is 0 Å². The normalized spacial score (nSPS) is 20.0. The van der Waals surface area contributed by atoms with Gasteiger partial charge in [0.05, 0.1) is 12.7 Å². The van der Waals surface area contributed by atoms with Crippen LogP contribution in [0.4, 0.5) is 5.69 Å². The smallest absolute Gasteiger partial charge is 0.0874 e. The Balaban J connectivity index is 1.61. The lowest BCUT2D eigenvalue weighted by molar-refractivity contribution is -0.0315. The van der Waals surface area contributed by atoms with E-state index in [4.69, 9.17) is 4.74 Å². The van der Waals surface area contributed by atoms with Gasteiger partial charge in [-0.3, -0.25) is 4.90 Å². The van der Waals surface area contributed by atoms with Crippen molar-refractivity contribution in [2.45, 2.75) is 26.0 Å². The number of nitrogens with one attached hydrogen (secondary N) is 1. The van der Waals surface area contributed by atoms with Crippen molar-refractivity contribution < 1.29 is 4.74 Å². The number of anilines is 1. The third kappa shape index (κ3) is 3.55. The standard InChI is InChI=1S/C18H24N2O/c1-14(2)20-9-10-21-18(13-20)12-19-17-8-7-15-5-3-4-6-16(15)11-17/h3-8,11,14,18-19H,9-10,12-13H2,1-2H3. The summed E-state index contributed by atoms with van der Waals surface area (Å²) in [5, 5.41) is 6.07. The molecule has 1 fully saturated rings. The van der Waals surface area contributed by atoms with Gasteiger partial charge in [0.15, 0.2) is 0 Å². The molecule has 3 heteroatoms. The first kappa shape index (κ1) is 14.4. The second-order valence-corrected chi connectivity index (χ2v) is 6.02. The summed E-state index contributed by atoms with van der Waals surface area (Å²) < 4.78 is 5.86. The lowest BCUT2D eigenvalue weighted by Crippen LogP contribution is -2.48. The highest BCUT2D eigenvalue weighted by molar-refractivity contribution is 5.85. The topological polar surface area (TPSA) is 24.5 Å². The van der Waals surface area contributed by atoms with Crippen LogP contribution >= 0.6 is 0 Å². The Morgan fingerprint density at radius 3 is 2.81 bits per heavy atom. The van der Waals surface area contributed by atoms with E-state index in [1.165, 1.54) is 16.5 Å². The van der Waals surface area contributed by atoms with Crippen LogP contribution in [-0.2, 0) is 4.74 Å². The molecule has 0 amide bonds. The zero-order chi connectivity index (χ0) is 14.7. The van der Waals surface area contributed by atoms with Crippen molar-refractivity contribution in [1.29, 1.82) is 0 Å². The minimum atomic E-state index is 0.271. The second-order valence-electron chi connectivity index (χ2n) is 6.02. The average molecular weight is 284 g/mol. The Bertz CT molecular complexity index is 597. The van der Waals surface area contributed by atoms with E-state index in [2.05, 4.69) is 66.5 Å². The molecule has 112 valence electrons. The number of fused-ring (bicyclic) bond motifs is 1. The van der Waals surface area contributed by atoms with Crippen molar-refractivity contribution in [3.05, 3.63) is 42.5 Å². The van der Waals surface area contributed by atoms with Crippen molar-refractivity contribution in [2.75, 3.05) is 31.6 Å². The fraction of sp³-hybridized carbons (Fsp3) is 0.444. The van der Waals surface area contributed by atoms with Crippen LogP contribution in [0.1, 0.15) is 13.8 Å². The molecule has 0 spiro atoms. The van der Waals surface area contributed by atoms with Gasteiger partial charge in [0.2, 0.25) is 0 Å². The highest BCUT2D eigenvalue weighted by atomic mass is 16.5. The molecule has 0 bridgehead atoms. The van der Waals surface area contributed by atoms with Crippen LogP contribution in [0.25, 0.3) is 10.8 Å². The van der Waals surface area contributed by atoms with Gasteiger partial charge in [-0.15, -0.1) is 0 Å². The zero-order valence-corrected chi connectivity index (χ0v) is 12.9. The number of ether oxygens (including phenoxy) is 1. The summed E-state index contributed by atoms with van der Waals surface area (Å²) in [5.41, 5.74) is 1.17. The van der Waals surface area contributed by atoms with Gasteiger partial charge in [-0.1, -0.05) is 30.3 Å². The maximum Gasteiger partial charge on any atom is 0.0874 e. The molecule has 1 unspecified atom stereocenters. The molecule has 3 rings (SSSR count). The van der Waals surface area contributed by atoms with Gasteiger partial charge in [0.1, 0.15) is 0 Å². The third-order valence-corrected chi connectivity index (χ3v) is 4.18. The molecule has 1 aliphatic rings. The van der Waals surface area contributed by atoms with Gasteiger partial charge in [0.25, 0.3) is 0 Å². The number of nitrogens with zero attached hydrogens (tertiary/aromatic N) is 1. The summed E-state index contributed by atoms with van der Waals surface area (Å²) in [7, 11) is 0. The Morgan fingerprint density at radius 2 is 2.00 bits per heavy atom. The summed E-state index contributed by atoms with van der Waals surface area (Å²) in [4.78, 5) is 2.48. The largest absolute Gasteiger partial charge is 0.382 e. The lowest BCUT2D eigenvalue weighted by atomic mass is 10.1. The van der Waals surface area contributed by atoms with E-state index in [0.717, 1.165) is 26.2 Å². The average Bonchev–Trinajstić information content (AvgIpc) is 2.53. The monoisotopic (exact) mass is 284 g/mol. The fourth-order valence-electron chi connectivity index (χ4n) is 2.87. The van der Waals surface area contributed by atoms with E-state index in [1.54, 1.807) is 0 Å². The number of rotatable bonds is 4. The number of benzene rings is 2. The molecule has 1 N–H and O–H groups in total. The summed E-state index contributed by atoms with van der Waals surface area (Å²) >= 11 is 0. The van der Waals surface area contributed by atoms with Crippen molar-refractivity contribution >= 4 is 16.5 Å². The molecule has 1 saturated heterocycles. The zero-order valence-electron chi connectivity index (χ0n) is 12.9. The maximum absolute atomic E-state index is 5.86. The molecule has 0 aromatic heterocycles. The summed E-state index contributed by atoms with van der Waals surface area (Å²) in [6.45, 7) is 8.25. The minimum Gasteiger partial charge on any atom is -0.382 e. The van der Waals surface area contributed by atoms with Crippen LogP contribution in [0.15, 0.2) is 42.5 Å². The van der Waals surface area contributed by atoms with Crippen molar-refractivity contribution in [1.82, 2.24) is 4.90 Å². The fourth-order valence-corrected chi connectivity index (χ4v) is 2.87.